The topological polar surface area (TPSA) is 121 Å². The molecule has 2 aromatic rings. The van der Waals surface area contributed by atoms with E-state index in [2.05, 4.69) is 65.2 Å². The number of rotatable bonds is 3. The van der Waals surface area contributed by atoms with Crippen LogP contribution in [0.3, 0.4) is 0 Å². The number of fused-ring (bicyclic) bond motifs is 1. The Morgan fingerprint density at radius 3 is 2.69 bits per heavy atom. The number of hydrogen-bond acceptors (Lipinski definition) is 9. The first-order valence-corrected chi connectivity index (χ1v) is 11.9. The molecule has 0 fully saturated rings. The number of aliphatic hydroxyl groups is 1. The van der Waals surface area contributed by atoms with E-state index in [0.29, 0.717) is 23.7 Å². The smallest absolute Gasteiger partial charge is 0.153 e. The average Bonchev–Trinajstić information content (AvgIpc) is 3.22. The van der Waals surface area contributed by atoms with Crippen LogP contribution in [0.5, 0.6) is 0 Å². The van der Waals surface area contributed by atoms with Crippen molar-refractivity contribution in [3.05, 3.63) is 41.2 Å². The lowest BCUT2D eigenvalue weighted by Gasteiger charge is -2.18. The van der Waals surface area contributed by atoms with Crippen LogP contribution in [-0.2, 0) is 6.54 Å². The van der Waals surface area contributed by atoms with E-state index >= 15 is 0 Å². The molecule has 3 N–H and O–H groups in total. The minimum atomic E-state index is 0.170. The van der Waals surface area contributed by atoms with Gasteiger partial charge in [0.2, 0.25) is 0 Å². The van der Waals surface area contributed by atoms with Gasteiger partial charge in [0.05, 0.1) is 22.9 Å². The molecule has 8 nitrogen and oxygen atoms in total. The normalized spacial score (nSPS) is 10.5. The van der Waals surface area contributed by atoms with Crippen LogP contribution in [0.25, 0.3) is 0 Å². The molecule has 150 valence electrons. The third-order valence-electron chi connectivity index (χ3n) is 3.41. The molecule has 0 unspecified atom stereocenters. The molecule has 3 heterocycles. The summed E-state index contributed by atoms with van der Waals surface area (Å²) in [7, 11) is 2.38. The van der Waals surface area contributed by atoms with Gasteiger partial charge in [-0.1, -0.05) is 19.8 Å². The zero-order valence-corrected chi connectivity index (χ0v) is 19.2. The van der Waals surface area contributed by atoms with Crippen molar-refractivity contribution in [2.45, 2.75) is 20.4 Å². The number of hydrogen-bond donors (Lipinski definition) is 3. The fraction of sp³-hybridized carbons (Fsp3) is 0.263. The molecule has 3 rings (SSSR count). The number of aliphatic hydroxyl groups excluding tert-OH is 1. The third kappa shape index (κ3) is 6.48. The number of halogens is 1. The zero-order chi connectivity index (χ0) is 21.6. The molecule has 1 aliphatic heterocycles. The highest BCUT2D eigenvalue weighted by atomic mass is 127. The van der Waals surface area contributed by atoms with Crippen LogP contribution in [-0.4, -0.2) is 28.7 Å². The van der Waals surface area contributed by atoms with Crippen molar-refractivity contribution in [3.8, 4) is 23.3 Å². The number of aromatic nitrogens is 2. The molecule has 0 aliphatic carbocycles. The van der Waals surface area contributed by atoms with Crippen LogP contribution in [0.1, 0.15) is 30.5 Å². The lowest BCUT2D eigenvalue weighted by atomic mass is 10.2. The second kappa shape index (κ2) is 13.6. The summed E-state index contributed by atoms with van der Waals surface area (Å²) in [4.78, 5) is 8.79. The van der Waals surface area contributed by atoms with Crippen molar-refractivity contribution in [2.24, 2.45) is 0 Å². The first-order chi connectivity index (χ1) is 14.3. The Bertz CT molecular complexity index is 960. The van der Waals surface area contributed by atoms with E-state index in [0.717, 1.165) is 23.9 Å². The number of nitrogens with zero attached hydrogens (tertiary/aromatic N) is 5. The number of pyridine rings is 2. The molecule has 0 radical (unpaired) electrons. The van der Waals surface area contributed by atoms with Crippen molar-refractivity contribution in [2.75, 3.05) is 24.0 Å². The number of nitriles is 2. The maximum Gasteiger partial charge on any atom is 0.153 e. The van der Waals surface area contributed by atoms with E-state index in [1.165, 1.54) is 15.1 Å². The highest BCUT2D eigenvalue weighted by molar-refractivity contribution is 14.2. The largest absolute Gasteiger partial charge is 0.400 e. The standard InChI is InChI=1S/C16H10IN7S.C2H6.CH4O/c17-25-4-1-12-9-21-15(6-14(12)20-3-2-18)24-16-13(10-23-24)5-11(7-19)8-22-16;2*1-2/h5-6,8-9,23H,3,10H2,(H,20,21);1-2H3;2H,1H3. The van der Waals surface area contributed by atoms with Gasteiger partial charge >= 0.3 is 0 Å². The summed E-state index contributed by atoms with van der Waals surface area (Å²) in [6.45, 7) is 4.73. The van der Waals surface area contributed by atoms with Crippen molar-refractivity contribution < 1.29 is 5.11 Å². The van der Waals surface area contributed by atoms with Gasteiger partial charge < -0.3 is 10.4 Å². The average molecular weight is 521 g/mol. The van der Waals surface area contributed by atoms with Crippen molar-refractivity contribution in [3.63, 3.8) is 0 Å². The highest BCUT2D eigenvalue weighted by Crippen LogP contribution is 2.31. The minimum absolute atomic E-state index is 0.170. The lowest BCUT2D eigenvalue weighted by molar-refractivity contribution is 0.399. The Kier molecular flexibility index (Phi) is 11.5. The van der Waals surface area contributed by atoms with Crippen LogP contribution < -0.4 is 15.8 Å². The van der Waals surface area contributed by atoms with E-state index < -0.39 is 0 Å². The van der Waals surface area contributed by atoms with Crippen LogP contribution in [0.2, 0.25) is 0 Å². The van der Waals surface area contributed by atoms with Crippen LogP contribution in [0.15, 0.2) is 24.5 Å². The van der Waals surface area contributed by atoms with Gasteiger partial charge in [-0.15, -0.1) is 0 Å². The Morgan fingerprint density at radius 1 is 1.28 bits per heavy atom. The Morgan fingerprint density at radius 2 is 2.03 bits per heavy atom. The maximum absolute atomic E-state index is 8.99. The molecule has 29 heavy (non-hydrogen) atoms. The van der Waals surface area contributed by atoms with E-state index in [1.807, 2.05) is 26.0 Å². The Labute approximate surface area is 186 Å². The van der Waals surface area contributed by atoms with Gasteiger partial charge in [-0.05, 0) is 20.3 Å². The molecule has 0 saturated carbocycles. The SMILES string of the molecule is CC.CO.N#CCNc1cc(N2NCc3cc(C#N)cnc32)ncc1C#CSI. The summed E-state index contributed by atoms with van der Waals surface area (Å²) in [5.41, 5.74) is 6.10. The van der Waals surface area contributed by atoms with Gasteiger partial charge in [0, 0.05) is 58.9 Å². The van der Waals surface area contributed by atoms with Gasteiger partial charge in [0.1, 0.15) is 12.6 Å². The summed E-state index contributed by atoms with van der Waals surface area (Å²) in [6.07, 6.45) is 3.20. The molecule has 10 heteroatoms. The van der Waals surface area contributed by atoms with Gasteiger partial charge in [0.25, 0.3) is 0 Å². The molecular formula is C19H20IN7OS. The quantitative estimate of drug-likeness (QED) is 0.317. The van der Waals surface area contributed by atoms with Crippen LogP contribution in [0, 0.1) is 33.8 Å². The molecule has 0 saturated heterocycles. The molecule has 1 aliphatic rings. The molecule has 0 aromatic carbocycles. The van der Waals surface area contributed by atoms with Gasteiger partial charge in [-0.3, -0.25) is 0 Å². The predicted molar refractivity (Wildman–Crippen MR) is 124 cm³/mol. The Balaban J connectivity index is 0.000000989. The third-order valence-corrected chi connectivity index (χ3v) is 4.25. The zero-order valence-electron chi connectivity index (χ0n) is 16.2. The molecule has 0 spiro atoms. The molecular weight excluding hydrogens is 501 g/mol. The molecule has 0 bridgehead atoms. The second-order valence-electron chi connectivity index (χ2n) is 4.89. The van der Waals surface area contributed by atoms with E-state index in [1.54, 1.807) is 11.2 Å². The second-order valence-corrected chi connectivity index (χ2v) is 6.57. The minimum Gasteiger partial charge on any atom is -0.400 e. The lowest BCUT2D eigenvalue weighted by Crippen LogP contribution is -2.28. The summed E-state index contributed by atoms with van der Waals surface area (Å²) < 4.78 is 0. The van der Waals surface area contributed by atoms with Crippen LogP contribution >= 0.6 is 30.1 Å². The monoisotopic (exact) mass is 521 g/mol. The maximum atomic E-state index is 8.99. The Hall–Kier alpha value is -2.56. The number of hydrazine groups is 1. The van der Waals surface area contributed by atoms with E-state index in [-0.39, 0.29) is 6.54 Å². The van der Waals surface area contributed by atoms with E-state index in [4.69, 9.17) is 15.6 Å². The summed E-state index contributed by atoms with van der Waals surface area (Å²) >= 11 is 2.10. The first kappa shape index (κ1) is 24.5. The van der Waals surface area contributed by atoms with Crippen molar-refractivity contribution in [1.29, 1.82) is 10.5 Å². The van der Waals surface area contributed by atoms with Crippen molar-refractivity contribution in [1.82, 2.24) is 15.4 Å². The molecule has 0 amide bonds. The molecule has 2 aromatic heterocycles. The summed E-state index contributed by atoms with van der Waals surface area (Å²) in [5, 5.41) is 32.5. The van der Waals surface area contributed by atoms with Crippen LogP contribution in [0.4, 0.5) is 17.3 Å². The fourth-order valence-electron chi connectivity index (χ4n) is 2.35. The van der Waals surface area contributed by atoms with Gasteiger partial charge in [-0.25, -0.2) is 20.4 Å². The van der Waals surface area contributed by atoms with Gasteiger partial charge in [-0.2, -0.15) is 10.5 Å². The number of nitrogens with one attached hydrogen (secondary N) is 2. The summed E-state index contributed by atoms with van der Waals surface area (Å²) in [6, 6.07) is 7.77. The summed E-state index contributed by atoms with van der Waals surface area (Å²) in [5.74, 6) is 4.34. The van der Waals surface area contributed by atoms with Crippen molar-refractivity contribution >= 4 is 47.5 Å². The first-order valence-electron chi connectivity index (χ1n) is 8.53. The fourth-order valence-corrected chi connectivity index (χ4v) is 2.82. The highest BCUT2D eigenvalue weighted by Gasteiger charge is 2.23. The van der Waals surface area contributed by atoms with E-state index in [9.17, 15) is 0 Å². The number of anilines is 3. The predicted octanol–water partition coefficient (Wildman–Crippen LogP) is 3.47. The molecule has 0 atom stereocenters. The van der Waals surface area contributed by atoms with Gasteiger partial charge in [0.15, 0.2) is 11.6 Å².